The minimum atomic E-state index is -0.479. The van der Waals surface area contributed by atoms with E-state index in [9.17, 15) is 9.59 Å². The highest BCUT2D eigenvalue weighted by atomic mass is 32.2. The lowest BCUT2D eigenvalue weighted by Crippen LogP contribution is -2.40. The van der Waals surface area contributed by atoms with Crippen LogP contribution in [0.15, 0.2) is 39.8 Å². The predicted octanol–water partition coefficient (Wildman–Crippen LogP) is 3.69. The molecular formula is C20H24N2O4S. The number of aromatic nitrogens is 1. The molecule has 0 atom stereocenters. The number of rotatable bonds is 6. The lowest BCUT2D eigenvalue weighted by molar-refractivity contribution is -0.135. The van der Waals surface area contributed by atoms with Gasteiger partial charge in [-0.2, -0.15) is 0 Å². The van der Waals surface area contributed by atoms with E-state index in [1.54, 1.807) is 17.0 Å². The van der Waals surface area contributed by atoms with Crippen molar-refractivity contribution in [3.63, 3.8) is 0 Å². The smallest absolute Gasteiger partial charge is 0.339 e. The van der Waals surface area contributed by atoms with Gasteiger partial charge in [-0.05, 0) is 37.8 Å². The lowest BCUT2D eigenvalue weighted by Gasteiger charge is -2.30. The van der Waals surface area contributed by atoms with Crippen molar-refractivity contribution in [2.24, 2.45) is 5.92 Å². The van der Waals surface area contributed by atoms with E-state index in [2.05, 4.69) is 12.1 Å². The van der Waals surface area contributed by atoms with Gasteiger partial charge in [0.15, 0.2) is 6.61 Å². The van der Waals surface area contributed by atoms with Crippen LogP contribution in [-0.4, -0.2) is 41.6 Å². The highest BCUT2D eigenvalue weighted by Gasteiger charge is 2.22. The fraction of sp³-hybridized carbons (Fsp3) is 0.450. The van der Waals surface area contributed by atoms with Crippen molar-refractivity contribution in [2.75, 3.05) is 19.7 Å². The molecule has 0 spiro atoms. The van der Waals surface area contributed by atoms with E-state index in [0.717, 1.165) is 42.3 Å². The molecule has 1 aromatic carbocycles. The molecule has 0 radical (unpaired) electrons. The zero-order valence-corrected chi connectivity index (χ0v) is 16.5. The summed E-state index contributed by atoms with van der Waals surface area (Å²) in [5, 5.41) is 3.96. The molecule has 144 valence electrons. The van der Waals surface area contributed by atoms with Gasteiger partial charge in [0, 0.05) is 29.8 Å². The van der Waals surface area contributed by atoms with Gasteiger partial charge in [0.25, 0.3) is 5.91 Å². The largest absolute Gasteiger partial charge is 0.452 e. The molecule has 3 rings (SSSR count). The van der Waals surface area contributed by atoms with Crippen molar-refractivity contribution in [2.45, 2.75) is 37.3 Å². The maximum absolute atomic E-state index is 12.5. The summed E-state index contributed by atoms with van der Waals surface area (Å²) < 4.78 is 10.4. The second-order valence-corrected chi connectivity index (χ2v) is 7.87. The number of piperidine rings is 1. The van der Waals surface area contributed by atoms with Gasteiger partial charge in [-0.3, -0.25) is 4.79 Å². The predicted molar refractivity (Wildman–Crippen MR) is 103 cm³/mol. The first-order valence-corrected chi connectivity index (χ1v) is 10.1. The summed E-state index contributed by atoms with van der Waals surface area (Å²) in [5.41, 5.74) is 1.28. The molecule has 27 heavy (non-hydrogen) atoms. The van der Waals surface area contributed by atoms with Gasteiger partial charge in [0.2, 0.25) is 0 Å². The summed E-state index contributed by atoms with van der Waals surface area (Å²) in [6.07, 6.45) is 2.00. The van der Waals surface area contributed by atoms with Gasteiger partial charge in [-0.1, -0.05) is 24.2 Å². The minimum Gasteiger partial charge on any atom is -0.452 e. The Hall–Kier alpha value is -2.28. The summed E-state index contributed by atoms with van der Waals surface area (Å²) in [4.78, 5) is 27.3. The number of nitrogens with zero attached hydrogens (tertiary/aromatic N) is 2. The lowest BCUT2D eigenvalue weighted by atomic mass is 9.99. The van der Waals surface area contributed by atoms with Crippen LogP contribution in [0.3, 0.4) is 0 Å². The molecule has 0 N–H and O–H groups in total. The van der Waals surface area contributed by atoms with Crippen LogP contribution in [0.2, 0.25) is 0 Å². The quantitative estimate of drug-likeness (QED) is 0.555. The van der Waals surface area contributed by atoms with Gasteiger partial charge in [0.05, 0.1) is 11.3 Å². The van der Waals surface area contributed by atoms with E-state index in [4.69, 9.17) is 9.26 Å². The molecule has 1 fully saturated rings. The molecule has 1 aliphatic heterocycles. The third-order valence-corrected chi connectivity index (χ3v) is 5.73. The van der Waals surface area contributed by atoms with Crippen LogP contribution in [0.1, 0.15) is 41.6 Å². The number of ether oxygens (including phenoxy) is 1. The first-order chi connectivity index (χ1) is 13.0. The van der Waals surface area contributed by atoms with E-state index in [-0.39, 0.29) is 12.5 Å². The van der Waals surface area contributed by atoms with E-state index < -0.39 is 5.97 Å². The number of hydrogen-bond acceptors (Lipinski definition) is 6. The number of hydrogen-bond donors (Lipinski definition) is 0. The van der Waals surface area contributed by atoms with Gasteiger partial charge in [0.1, 0.15) is 5.76 Å². The highest BCUT2D eigenvalue weighted by Crippen LogP contribution is 2.27. The zero-order valence-electron chi connectivity index (χ0n) is 15.6. The number of carbonyl (C=O) groups is 2. The van der Waals surface area contributed by atoms with Crippen molar-refractivity contribution in [3.05, 3.63) is 47.3 Å². The molecule has 1 saturated heterocycles. The number of thioether (sulfide) groups is 1. The highest BCUT2D eigenvalue weighted by molar-refractivity contribution is 7.98. The fourth-order valence-electron chi connectivity index (χ4n) is 2.95. The van der Waals surface area contributed by atoms with Crippen molar-refractivity contribution in [1.82, 2.24) is 10.1 Å². The third kappa shape index (κ3) is 5.35. The van der Waals surface area contributed by atoms with E-state index in [1.807, 2.05) is 25.1 Å². The van der Waals surface area contributed by atoms with Crippen molar-refractivity contribution < 1.29 is 18.8 Å². The Labute approximate surface area is 163 Å². The minimum absolute atomic E-state index is 0.126. The average molecular weight is 388 g/mol. The Kier molecular flexibility index (Phi) is 6.55. The first-order valence-electron chi connectivity index (χ1n) is 9.12. The van der Waals surface area contributed by atoms with Crippen LogP contribution in [-0.2, 0) is 15.3 Å². The van der Waals surface area contributed by atoms with Crippen molar-refractivity contribution in [1.29, 1.82) is 0 Å². The maximum Gasteiger partial charge on any atom is 0.339 e. The van der Waals surface area contributed by atoms with Gasteiger partial charge in [-0.25, -0.2) is 4.79 Å². The summed E-state index contributed by atoms with van der Waals surface area (Å²) >= 11 is 1.49. The Morgan fingerprint density at radius 2 is 2.04 bits per heavy atom. The molecule has 1 amide bonds. The van der Waals surface area contributed by atoms with Crippen molar-refractivity contribution in [3.8, 4) is 0 Å². The summed E-state index contributed by atoms with van der Waals surface area (Å²) in [7, 11) is 0. The average Bonchev–Trinajstić information content (AvgIpc) is 3.10. The normalized spacial score (nSPS) is 15.0. The molecule has 0 aliphatic carbocycles. The monoisotopic (exact) mass is 388 g/mol. The third-order valence-electron chi connectivity index (χ3n) is 4.62. The molecule has 7 heteroatoms. The van der Waals surface area contributed by atoms with Gasteiger partial charge >= 0.3 is 5.97 Å². The van der Waals surface area contributed by atoms with Crippen LogP contribution in [0.25, 0.3) is 0 Å². The molecular weight excluding hydrogens is 364 g/mol. The molecule has 0 bridgehead atoms. The van der Waals surface area contributed by atoms with Gasteiger partial charge in [-0.15, -0.1) is 11.8 Å². The number of carbonyl (C=O) groups excluding carboxylic acids is 2. The van der Waals surface area contributed by atoms with Crippen LogP contribution >= 0.6 is 11.8 Å². The topological polar surface area (TPSA) is 72.6 Å². The standard InChI is InChI=1S/C20H24N2O4S/c1-14-7-9-22(10-8-14)19(23)12-25-20(24)17-5-3-4-6-18(17)27-13-16-11-15(2)26-21-16/h3-6,11,14H,7-10,12-13H2,1-2H3. The Morgan fingerprint density at radius 1 is 1.30 bits per heavy atom. The molecule has 2 heterocycles. The molecule has 6 nitrogen and oxygen atoms in total. The van der Waals surface area contributed by atoms with E-state index in [0.29, 0.717) is 17.2 Å². The summed E-state index contributed by atoms with van der Waals surface area (Å²) in [6.45, 7) is 5.29. The number of likely N-dealkylation sites (tertiary alicyclic amines) is 1. The van der Waals surface area contributed by atoms with Crippen LogP contribution in [0.5, 0.6) is 0 Å². The molecule has 2 aromatic rings. The van der Waals surface area contributed by atoms with Crippen molar-refractivity contribution >= 4 is 23.6 Å². The number of benzene rings is 1. The van der Waals surface area contributed by atoms with Crippen LogP contribution in [0.4, 0.5) is 0 Å². The number of aryl methyl sites for hydroxylation is 1. The van der Waals surface area contributed by atoms with Gasteiger partial charge < -0.3 is 14.2 Å². The summed E-state index contributed by atoms with van der Waals surface area (Å²) in [5.74, 6) is 1.39. The Balaban J connectivity index is 1.55. The molecule has 1 aromatic heterocycles. The van der Waals surface area contributed by atoms with Crippen LogP contribution in [0, 0.1) is 12.8 Å². The summed E-state index contributed by atoms with van der Waals surface area (Å²) in [6, 6.07) is 9.10. The first kappa shape index (κ1) is 19.5. The van der Waals surface area contributed by atoms with Crippen LogP contribution < -0.4 is 0 Å². The van der Waals surface area contributed by atoms with E-state index >= 15 is 0 Å². The maximum atomic E-state index is 12.5. The zero-order chi connectivity index (χ0) is 19.2. The molecule has 0 saturated carbocycles. The number of amides is 1. The second-order valence-electron chi connectivity index (χ2n) is 6.85. The second kappa shape index (κ2) is 9.08. The fourth-order valence-corrected chi connectivity index (χ4v) is 3.87. The van der Waals surface area contributed by atoms with E-state index in [1.165, 1.54) is 11.8 Å². The Bertz CT molecular complexity index is 797. The molecule has 0 unspecified atom stereocenters. The Morgan fingerprint density at radius 3 is 2.74 bits per heavy atom. The number of esters is 1. The molecule has 1 aliphatic rings. The SMILES string of the molecule is Cc1cc(CSc2ccccc2C(=O)OCC(=O)N2CCC(C)CC2)no1.